The Morgan fingerprint density at radius 1 is 0.714 bits per heavy atom. The zero-order chi connectivity index (χ0) is 15.6. The predicted molar refractivity (Wildman–Crippen MR) is 91.7 cm³/mol. The van der Waals surface area contributed by atoms with E-state index in [0.717, 1.165) is 25.7 Å². The molecule has 1 N–H and O–H groups in total. The Labute approximate surface area is 132 Å². The minimum Gasteiger partial charge on any atom is -0.481 e. The normalized spacial score (nSPS) is 11.3. The van der Waals surface area contributed by atoms with Gasteiger partial charge < -0.3 is 5.11 Å². The van der Waals surface area contributed by atoms with Crippen molar-refractivity contribution >= 4 is 5.97 Å². The van der Waals surface area contributed by atoms with Crippen LogP contribution in [-0.4, -0.2) is 11.1 Å². The first-order valence-electron chi connectivity index (χ1n) is 9.14. The van der Waals surface area contributed by atoms with Crippen LogP contribution in [0.5, 0.6) is 0 Å². The Morgan fingerprint density at radius 3 is 1.62 bits per heavy atom. The van der Waals surface area contributed by atoms with Crippen LogP contribution >= 0.6 is 0 Å². The number of unbranched alkanes of at least 4 members (excludes halogenated alkanes) is 12. The number of hydrogen-bond acceptors (Lipinski definition) is 1. The number of allylic oxidation sites excluding steroid dienone is 2. The molecule has 0 aliphatic rings. The molecule has 0 bridgehead atoms. The summed E-state index contributed by atoms with van der Waals surface area (Å²) in [6.07, 6.45) is 22.7. The average molecular weight is 296 g/mol. The third kappa shape index (κ3) is 19.2. The summed E-state index contributed by atoms with van der Waals surface area (Å²) < 4.78 is 0. The molecule has 0 aliphatic carbocycles. The van der Waals surface area contributed by atoms with Crippen LogP contribution in [0.25, 0.3) is 0 Å². The van der Waals surface area contributed by atoms with Gasteiger partial charge in [-0.2, -0.15) is 0 Å². The second-order valence-electron chi connectivity index (χ2n) is 6.08. The summed E-state index contributed by atoms with van der Waals surface area (Å²) in [6, 6.07) is 0. The van der Waals surface area contributed by atoms with Gasteiger partial charge >= 0.3 is 5.97 Å². The molecular formula is C19H36O2. The van der Waals surface area contributed by atoms with Gasteiger partial charge in [-0.15, -0.1) is 0 Å². The summed E-state index contributed by atoms with van der Waals surface area (Å²) in [7, 11) is 0. The van der Waals surface area contributed by atoms with Crippen molar-refractivity contribution in [3.8, 4) is 0 Å². The van der Waals surface area contributed by atoms with E-state index in [9.17, 15) is 4.79 Å². The van der Waals surface area contributed by atoms with Gasteiger partial charge in [0.05, 0.1) is 0 Å². The molecular weight excluding hydrogens is 260 g/mol. The largest absolute Gasteiger partial charge is 0.481 e. The number of carboxylic acid groups (broad SMARTS) is 1. The monoisotopic (exact) mass is 296 g/mol. The lowest BCUT2D eigenvalue weighted by molar-refractivity contribution is -0.137. The SMILES string of the molecule is CCCCCCCCCCC/C=C/CCCCCC(=O)O. The van der Waals surface area contributed by atoms with Crippen LogP contribution in [0.15, 0.2) is 12.2 Å². The number of carbonyl (C=O) groups is 1. The molecule has 0 saturated carbocycles. The highest BCUT2D eigenvalue weighted by Gasteiger charge is 1.95. The molecule has 0 aliphatic heterocycles. The quantitative estimate of drug-likeness (QED) is 0.261. The Kier molecular flexibility index (Phi) is 16.6. The van der Waals surface area contributed by atoms with Crippen LogP contribution in [0.4, 0.5) is 0 Å². The molecule has 0 unspecified atom stereocenters. The van der Waals surface area contributed by atoms with Crippen LogP contribution in [-0.2, 0) is 4.79 Å². The zero-order valence-electron chi connectivity index (χ0n) is 14.1. The van der Waals surface area contributed by atoms with Crippen molar-refractivity contribution in [1.82, 2.24) is 0 Å². The van der Waals surface area contributed by atoms with E-state index in [0.29, 0.717) is 6.42 Å². The van der Waals surface area contributed by atoms with E-state index in [1.165, 1.54) is 64.2 Å². The molecule has 0 spiro atoms. The first kappa shape index (κ1) is 20.2. The van der Waals surface area contributed by atoms with Crippen LogP contribution < -0.4 is 0 Å². The topological polar surface area (TPSA) is 37.3 Å². The van der Waals surface area contributed by atoms with Crippen molar-refractivity contribution in [2.45, 2.75) is 103 Å². The predicted octanol–water partition coefficient (Wildman–Crippen LogP) is 6.50. The maximum atomic E-state index is 10.3. The molecule has 0 saturated heterocycles. The summed E-state index contributed by atoms with van der Waals surface area (Å²) in [6.45, 7) is 2.27. The van der Waals surface area contributed by atoms with Crippen LogP contribution in [0.3, 0.4) is 0 Å². The molecule has 0 heterocycles. The van der Waals surface area contributed by atoms with E-state index >= 15 is 0 Å². The van der Waals surface area contributed by atoms with Crippen molar-refractivity contribution in [2.75, 3.05) is 0 Å². The highest BCUT2D eigenvalue weighted by molar-refractivity contribution is 5.66. The average Bonchev–Trinajstić information content (AvgIpc) is 2.46. The van der Waals surface area contributed by atoms with Gasteiger partial charge in [0.2, 0.25) is 0 Å². The Morgan fingerprint density at radius 2 is 1.14 bits per heavy atom. The number of aliphatic carboxylic acids is 1. The van der Waals surface area contributed by atoms with E-state index in [1.807, 2.05) is 0 Å². The molecule has 0 aromatic rings. The van der Waals surface area contributed by atoms with Gasteiger partial charge in [0.25, 0.3) is 0 Å². The Hall–Kier alpha value is -0.790. The smallest absolute Gasteiger partial charge is 0.303 e. The fourth-order valence-corrected chi connectivity index (χ4v) is 2.52. The molecule has 2 heteroatoms. The first-order valence-corrected chi connectivity index (χ1v) is 9.14. The number of hydrogen-bond donors (Lipinski definition) is 1. The first-order chi connectivity index (χ1) is 10.3. The second kappa shape index (κ2) is 17.3. The Balaban J connectivity index is 3.07. The summed E-state index contributed by atoms with van der Waals surface area (Å²) in [4.78, 5) is 10.3. The molecule has 2 nitrogen and oxygen atoms in total. The molecule has 124 valence electrons. The van der Waals surface area contributed by atoms with Gasteiger partial charge in [-0.05, 0) is 32.1 Å². The van der Waals surface area contributed by atoms with Gasteiger partial charge in [-0.1, -0.05) is 76.9 Å². The van der Waals surface area contributed by atoms with Gasteiger partial charge in [-0.3, -0.25) is 4.79 Å². The summed E-state index contributed by atoms with van der Waals surface area (Å²) >= 11 is 0. The van der Waals surface area contributed by atoms with Crippen LogP contribution in [0.2, 0.25) is 0 Å². The highest BCUT2D eigenvalue weighted by atomic mass is 16.4. The lowest BCUT2D eigenvalue weighted by Gasteiger charge is -2.00. The van der Waals surface area contributed by atoms with Crippen LogP contribution in [0.1, 0.15) is 103 Å². The van der Waals surface area contributed by atoms with Gasteiger partial charge in [0.15, 0.2) is 0 Å². The summed E-state index contributed by atoms with van der Waals surface area (Å²) in [5, 5.41) is 8.51. The number of carboxylic acids is 1. The van der Waals surface area contributed by atoms with Crippen molar-refractivity contribution in [1.29, 1.82) is 0 Å². The van der Waals surface area contributed by atoms with Crippen molar-refractivity contribution in [2.24, 2.45) is 0 Å². The van der Waals surface area contributed by atoms with E-state index in [1.54, 1.807) is 0 Å². The molecule has 0 fully saturated rings. The van der Waals surface area contributed by atoms with Crippen LogP contribution in [0, 0.1) is 0 Å². The minimum absolute atomic E-state index is 0.322. The molecule has 0 aromatic carbocycles. The lowest BCUT2D eigenvalue weighted by atomic mass is 10.1. The number of rotatable bonds is 16. The summed E-state index contributed by atoms with van der Waals surface area (Å²) in [5.41, 5.74) is 0. The second-order valence-corrected chi connectivity index (χ2v) is 6.08. The third-order valence-corrected chi connectivity index (χ3v) is 3.90. The minimum atomic E-state index is -0.670. The third-order valence-electron chi connectivity index (χ3n) is 3.90. The lowest BCUT2D eigenvalue weighted by Crippen LogP contribution is -1.93. The zero-order valence-corrected chi connectivity index (χ0v) is 14.1. The molecule has 0 aromatic heterocycles. The van der Waals surface area contributed by atoms with E-state index < -0.39 is 5.97 Å². The fourth-order valence-electron chi connectivity index (χ4n) is 2.52. The molecule has 0 radical (unpaired) electrons. The highest BCUT2D eigenvalue weighted by Crippen LogP contribution is 2.11. The summed E-state index contributed by atoms with van der Waals surface area (Å²) in [5.74, 6) is -0.670. The van der Waals surface area contributed by atoms with Gasteiger partial charge in [-0.25, -0.2) is 0 Å². The van der Waals surface area contributed by atoms with Crippen molar-refractivity contribution < 1.29 is 9.90 Å². The standard InChI is InChI=1S/C19H36O2/c1-2-3-4-5-6-7-8-9-10-11-12-13-14-15-16-17-18-19(20)21/h12-13H,2-11,14-18H2,1H3,(H,20,21)/b13-12+. The van der Waals surface area contributed by atoms with Crippen molar-refractivity contribution in [3.63, 3.8) is 0 Å². The molecule has 0 amide bonds. The van der Waals surface area contributed by atoms with Gasteiger partial charge in [0, 0.05) is 6.42 Å². The maximum absolute atomic E-state index is 10.3. The fraction of sp³-hybridized carbons (Fsp3) is 0.842. The van der Waals surface area contributed by atoms with E-state index in [2.05, 4.69) is 19.1 Å². The Bertz CT molecular complexity index is 246. The van der Waals surface area contributed by atoms with Crippen molar-refractivity contribution in [3.05, 3.63) is 12.2 Å². The molecule has 21 heavy (non-hydrogen) atoms. The van der Waals surface area contributed by atoms with E-state index in [4.69, 9.17) is 5.11 Å². The molecule has 0 rings (SSSR count). The molecule has 0 atom stereocenters. The van der Waals surface area contributed by atoms with E-state index in [-0.39, 0.29) is 0 Å². The maximum Gasteiger partial charge on any atom is 0.303 e. The van der Waals surface area contributed by atoms with Gasteiger partial charge in [0.1, 0.15) is 0 Å².